The van der Waals surface area contributed by atoms with Crippen molar-refractivity contribution in [3.05, 3.63) is 53.6 Å². The van der Waals surface area contributed by atoms with E-state index in [9.17, 15) is 9.59 Å². The summed E-state index contributed by atoms with van der Waals surface area (Å²) in [4.78, 5) is 23.5. The molecule has 1 unspecified atom stereocenters. The van der Waals surface area contributed by atoms with Crippen molar-refractivity contribution in [2.24, 2.45) is 0 Å². The number of methoxy groups -OCH3 is 1. The van der Waals surface area contributed by atoms with Crippen molar-refractivity contribution < 1.29 is 28.5 Å². The van der Waals surface area contributed by atoms with Crippen molar-refractivity contribution in [2.75, 3.05) is 26.9 Å². The van der Waals surface area contributed by atoms with Crippen LogP contribution in [0.3, 0.4) is 0 Å². The zero-order chi connectivity index (χ0) is 19.2. The number of rotatable bonds is 6. The SMILES string of the molecule is COC(=O)c1ccc(OCC(=O)NC(C)c2ccc3c(c2)OCCO3)cc1. The van der Waals surface area contributed by atoms with Crippen molar-refractivity contribution in [1.29, 1.82) is 0 Å². The van der Waals surface area contributed by atoms with Crippen molar-refractivity contribution >= 4 is 11.9 Å². The number of carbonyl (C=O) groups excluding carboxylic acids is 2. The van der Waals surface area contributed by atoms with Gasteiger partial charge in [-0.3, -0.25) is 4.79 Å². The molecule has 142 valence electrons. The van der Waals surface area contributed by atoms with E-state index in [1.807, 2.05) is 25.1 Å². The van der Waals surface area contributed by atoms with Gasteiger partial charge in [0, 0.05) is 0 Å². The molecule has 1 heterocycles. The van der Waals surface area contributed by atoms with Crippen molar-refractivity contribution in [3.63, 3.8) is 0 Å². The predicted molar refractivity (Wildman–Crippen MR) is 97.3 cm³/mol. The largest absolute Gasteiger partial charge is 0.486 e. The van der Waals surface area contributed by atoms with E-state index >= 15 is 0 Å². The van der Waals surface area contributed by atoms with E-state index in [4.69, 9.17) is 14.2 Å². The second kappa shape index (κ2) is 8.44. The molecule has 3 rings (SSSR count). The molecule has 1 atom stereocenters. The summed E-state index contributed by atoms with van der Waals surface area (Å²) in [5.74, 6) is 1.20. The van der Waals surface area contributed by atoms with Gasteiger partial charge in [0.2, 0.25) is 0 Å². The van der Waals surface area contributed by atoms with E-state index in [0.29, 0.717) is 36.0 Å². The lowest BCUT2D eigenvalue weighted by atomic mass is 10.1. The average molecular weight is 371 g/mol. The Hall–Kier alpha value is -3.22. The normalized spacial score (nSPS) is 13.4. The molecular weight excluding hydrogens is 350 g/mol. The number of ether oxygens (including phenoxy) is 4. The third kappa shape index (κ3) is 4.69. The lowest BCUT2D eigenvalue weighted by Gasteiger charge is -2.21. The van der Waals surface area contributed by atoms with E-state index in [1.165, 1.54) is 7.11 Å². The molecule has 1 N–H and O–H groups in total. The number of fused-ring (bicyclic) bond motifs is 1. The number of amides is 1. The van der Waals surface area contributed by atoms with Crippen LogP contribution in [0.25, 0.3) is 0 Å². The van der Waals surface area contributed by atoms with Crippen LogP contribution in [-0.4, -0.2) is 38.8 Å². The molecule has 7 heteroatoms. The summed E-state index contributed by atoms with van der Waals surface area (Å²) in [6.07, 6.45) is 0. The lowest BCUT2D eigenvalue weighted by Crippen LogP contribution is -2.31. The monoisotopic (exact) mass is 371 g/mol. The number of nitrogens with one attached hydrogen (secondary N) is 1. The molecule has 1 aliphatic heterocycles. The molecule has 2 aromatic carbocycles. The van der Waals surface area contributed by atoms with Crippen LogP contribution in [0.2, 0.25) is 0 Å². The van der Waals surface area contributed by atoms with Crippen LogP contribution < -0.4 is 19.5 Å². The number of hydrogen-bond acceptors (Lipinski definition) is 6. The molecule has 1 aliphatic rings. The Morgan fingerprint density at radius 1 is 1.07 bits per heavy atom. The minimum atomic E-state index is -0.424. The molecule has 0 saturated heterocycles. The Bertz CT molecular complexity index is 818. The third-order valence-corrected chi connectivity index (χ3v) is 4.09. The van der Waals surface area contributed by atoms with Gasteiger partial charge in [-0.2, -0.15) is 0 Å². The number of carbonyl (C=O) groups is 2. The van der Waals surface area contributed by atoms with Crippen LogP contribution in [0.4, 0.5) is 0 Å². The summed E-state index contributed by atoms with van der Waals surface area (Å²) in [5.41, 5.74) is 1.33. The van der Waals surface area contributed by atoms with Gasteiger partial charge in [0.25, 0.3) is 5.91 Å². The first-order valence-electron chi connectivity index (χ1n) is 8.57. The number of benzene rings is 2. The first-order valence-corrected chi connectivity index (χ1v) is 8.57. The summed E-state index contributed by atoms with van der Waals surface area (Å²) in [6, 6.07) is 11.8. The van der Waals surface area contributed by atoms with Gasteiger partial charge in [0.15, 0.2) is 18.1 Å². The van der Waals surface area contributed by atoms with Gasteiger partial charge in [-0.1, -0.05) is 6.07 Å². The molecule has 7 nitrogen and oxygen atoms in total. The van der Waals surface area contributed by atoms with Crippen LogP contribution in [0.5, 0.6) is 17.2 Å². The maximum absolute atomic E-state index is 12.1. The molecule has 0 aromatic heterocycles. The fourth-order valence-corrected chi connectivity index (χ4v) is 2.65. The van der Waals surface area contributed by atoms with Crippen LogP contribution in [0, 0.1) is 0 Å². The first kappa shape index (κ1) is 18.6. The van der Waals surface area contributed by atoms with E-state index in [1.54, 1.807) is 24.3 Å². The molecule has 0 saturated carbocycles. The Morgan fingerprint density at radius 2 is 1.78 bits per heavy atom. The molecule has 0 radical (unpaired) electrons. The minimum Gasteiger partial charge on any atom is -0.486 e. The van der Waals surface area contributed by atoms with E-state index in [2.05, 4.69) is 10.1 Å². The first-order chi connectivity index (χ1) is 13.1. The molecule has 1 amide bonds. The number of esters is 1. The van der Waals surface area contributed by atoms with Gasteiger partial charge >= 0.3 is 5.97 Å². The zero-order valence-electron chi connectivity index (χ0n) is 15.2. The van der Waals surface area contributed by atoms with Crippen LogP contribution >= 0.6 is 0 Å². The minimum absolute atomic E-state index is 0.132. The fraction of sp³-hybridized carbons (Fsp3) is 0.300. The second-order valence-corrected chi connectivity index (χ2v) is 6.00. The summed E-state index contributed by atoms with van der Waals surface area (Å²) in [6.45, 7) is 2.80. The standard InChI is InChI=1S/C20H21NO6/c1-13(15-5-8-17-18(11-15)26-10-9-25-17)21-19(22)12-27-16-6-3-14(4-7-16)20(23)24-2/h3-8,11,13H,9-10,12H2,1-2H3,(H,21,22). The summed E-state index contributed by atoms with van der Waals surface area (Å²) >= 11 is 0. The van der Waals surface area contributed by atoms with Gasteiger partial charge in [0.05, 0.1) is 18.7 Å². The molecule has 27 heavy (non-hydrogen) atoms. The molecule has 0 aliphatic carbocycles. The Kier molecular flexibility index (Phi) is 5.80. The maximum Gasteiger partial charge on any atom is 0.337 e. The van der Waals surface area contributed by atoms with E-state index in [0.717, 1.165) is 5.56 Å². The fourth-order valence-electron chi connectivity index (χ4n) is 2.65. The smallest absolute Gasteiger partial charge is 0.337 e. The second-order valence-electron chi connectivity index (χ2n) is 6.00. The van der Waals surface area contributed by atoms with Gasteiger partial charge in [-0.25, -0.2) is 4.79 Å². The van der Waals surface area contributed by atoms with Crippen LogP contribution in [0.15, 0.2) is 42.5 Å². The maximum atomic E-state index is 12.1. The topological polar surface area (TPSA) is 83.1 Å². The van der Waals surface area contributed by atoms with Gasteiger partial charge in [0.1, 0.15) is 19.0 Å². The van der Waals surface area contributed by atoms with Gasteiger partial charge < -0.3 is 24.3 Å². The van der Waals surface area contributed by atoms with E-state index in [-0.39, 0.29) is 18.6 Å². The molecule has 2 aromatic rings. The lowest BCUT2D eigenvalue weighted by molar-refractivity contribution is -0.123. The Balaban J connectivity index is 1.52. The van der Waals surface area contributed by atoms with Crippen LogP contribution in [0.1, 0.15) is 28.9 Å². The number of hydrogen-bond donors (Lipinski definition) is 1. The highest BCUT2D eigenvalue weighted by Crippen LogP contribution is 2.32. The van der Waals surface area contributed by atoms with Gasteiger partial charge in [-0.05, 0) is 48.9 Å². The molecule has 0 bridgehead atoms. The van der Waals surface area contributed by atoms with Crippen molar-refractivity contribution in [3.8, 4) is 17.2 Å². The summed E-state index contributed by atoms with van der Waals surface area (Å²) in [7, 11) is 1.32. The zero-order valence-corrected chi connectivity index (χ0v) is 15.2. The summed E-state index contributed by atoms with van der Waals surface area (Å²) in [5, 5.41) is 2.88. The Morgan fingerprint density at radius 3 is 2.48 bits per heavy atom. The average Bonchev–Trinajstić information content (AvgIpc) is 2.71. The highest BCUT2D eigenvalue weighted by Gasteiger charge is 2.16. The molecular formula is C20H21NO6. The van der Waals surface area contributed by atoms with Crippen molar-refractivity contribution in [1.82, 2.24) is 5.32 Å². The molecule has 0 spiro atoms. The summed E-state index contributed by atoms with van der Waals surface area (Å²) < 4.78 is 21.1. The van der Waals surface area contributed by atoms with Crippen molar-refractivity contribution in [2.45, 2.75) is 13.0 Å². The van der Waals surface area contributed by atoms with Crippen LogP contribution in [-0.2, 0) is 9.53 Å². The molecule has 0 fully saturated rings. The predicted octanol–water partition coefficient (Wildman–Crippen LogP) is 2.50. The van der Waals surface area contributed by atoms with E-state index < -0.39 is 5.97 Å². The highest BCUT2D eigenvalue weighted by atomic mass is 16.6. The van der Waals surface area contributed by atoms with Gasteiger partial charge in [-0.15, -0.1) is 0 Å². The Labute approximate surface area is 157 Å². The highest BCUT2D eigenvalue weighted by molar-refractivity contribution is 5.89. The quantitative estimate of drug-likeness (QED) is 0.786. The third-order valence-electron chi connectivity index (χ3n) is 4.09.